The third-order valence-electron chi connectivity index (χ3n) is 3.79. The molecule has 0 aromatic heterocycles. The number of rotatable bonds is 12. The topological polar surface area (TPSA) is 86.7 Å². The third kappa shape index (κ3) is 8.80. The van der Waals surface area contributed by atoms with Crippen molar-refractivity contribution in [3.63, 3.8) is 0 Å². The van der Waals surface area contributed by atoms with Crippen molar-refractivity contribution in [2.45, 2.75) is 55.6 Å². The first kappa shape index (κ1) is 35.6. The van der Waals surface area contributed by atoms with E-state index in [1.165, 1.54) is 0 Å². The van der Waals surface area contributed by atoms with E-state index in [2.05, 4.69) is 0 Å². The van der Waals surface area contributed by atoms with Crippen LogP contribution >= 0.6 is 0 Å². The van der Waals surface area contributed by atoms with Crippen LogP contribution in [0.4, 0.5) is 57.1 Å². The molecule has 212 valence electrons. The number of aliphatic carboxylic acids is 1. The van der Waals surface area contributed by atoms with Gasteiger partial charge in [0, 0.05) is 19.9 Å². The maximum Gasteiger partial charge on any atom is 0.460 e. The first-order valence-corrected chi connectivity index (χ1v) is 10.5. The molecule has 0 radical (unpaired) electrons. The zero-order chi connectivity index (χ0) is 28.9. The Morgan fingerprint density at radius 2 is 1.17 bits per heavy atom. The second-order valence-electron chi connectivity index (χ2n) is 7.14. The molecule has 0 saturated heterocycles. The molecule has 2 N–H and O–H groups in total. The predicted molar refractivity (Wildman–Crippen MR) is 93.7 cm³/mol. The molecule has 0 unspecified atom stereocenters. The van der Waals surface area contributed by atoms with E-state index in [1.54, 1.807) is 23.7 Å². The van der Waals surface area contributed by atoms with Gasteiger partial charge in [-0.3, -0.25) is 4.79 Å². The van der Waals surface area contributed by atoms with Crippen LogP contribution in [0.3, 0.4) is 0 Å². The van der Waals surface area contributed by atoms with Crippen molar-refractivity contribution >= 4 is 16.0 Å². The minimum Gasteiger partial charge on any atom is -0.481 e. The highest BCUT2D eigenvalue weighted by atomic mass is 32.2. The molecule has 20 heteroatoms. The van der Waals surface area contributed by atoms with Gasteiger partial charge in [0.1, 0.15) is 0 Å². The van der Waals surface area contributed by atoms with Crippen LogP contribution in [0.5, 0.6) is 0 Å². The summed E-state index contributed by atoms with van der Waals surface area (Å²) in [4.78, 5) is 10.6. The van der Waals surface area contributed by atoms with Gasteiger partial charge >= 0.3 is 35.8 Å². The molecular weight excluding hydrogens is 551 g/mol. The van der Waals surface area contributed by atoms with Gasteiger partial charge in [-0.2, -0.15) is 57.1 Å². The largest absolute Gasteiger partial charge is 0.481 e. The summed E-state index contributed by atoms with van der Waals surface area (Å²) in [7, 11) is -1.72. The molecule has 35 heavy (non-hydrogen) atoms. The number of carboxylic acids is 1. The van der Waals surface area contributed by atoms with Crippen LogP contribution < -0.4 is 4.72 Å². The second kappa shape index (κ2) is 11.7. The molecule has 0 amide bonds. The Kier molecular flexibility index (Phi) is 11.9. The van der Waals surface area contributed by atoms with Gasteiger partial charge in [-0.05, 0) is 27.1 Å². The van der Waals surface area contributed by atoms with Gasteiger partial charge in [-0.1, -0.05) is 0 Å². The highest BCUT2D eigenvalue weighted by molar-refractivity contribution is 7.89. The van der Waals surface area contributed by atoms with Crippen molar-refractivity contribution in [1.82, 2.24) is 9.62 Å². The average molecular weight is 572 g/mol. The smallest absolute Gasteiger partial charge is 0.460 e. The highest BCUT2D eigenvalue weighted by Crippen LogP contribution is 2.60. The van der Waals surface area contributed by atoms with Crippen molar-refractivity contribution in [2.24, 2.45) is 0 Å². The Morgan fingerprint density at radius 3 is 1.51 bits per heavy atom. The van der Waals surface area contributed by atoms with Crippen LogP contribution in [0.2, 0.25) is 0 Å². The van der Waals surface area contributed by atoms with Crippen LogP contribution in [0.15, 0.2) is 0 Å². The maximum atomic E-state index is 13.5. The van der Waals surface area contributed by atoms with E-state index >= 15 is 0 Å². The van der Waals surface area contributed by atoms with E-state index in [0.717, 1.165) is 6.92 Å². The fraction of sp³-hybridized carbons (Fsp3) is 0.933. The number of halogens is 13. The molecule has 0 aromatic carbocycles. The van der Waals surface area contributed by atoms with E-state index in [1.807, 2.05) is 0 Å². The number of carboxylic acid groups (broad SMARTS) is 1. The van der Waals surface area contributed by atoms with Gasteiger partial charge < -0.3 is 10.0 Å². The van der Waals surface area contributed by atoms with Crippen LogP contribution in [0, 0.1) is 0 Å². The standard InChI is InChI=1S/C13H17F13N2O2S.C2H4O2/c1-28(2)6-3-5-27-31(29,30)7-4-8(14,15)9(16,17)10(18,19)11(20,21)12(22,23)13(24,25)26;1-2(3)4/h27H,3-7H2,1-2H3;1H3,(H,3,4). The zero-order valence-corrected chi connectivity index (χ0v) is 18.8. The van der Waals surface area contributed by atoms with Gasteiger partial charge in [0.15, 0.2) is 0 Å². The minimum absolute atomic E-state index is 0.0790. The summed E-state index contributed by atoms with van der Waals surface area (Å²) in [6.45, 7) is 0.931. The van der Waals surface area contributed by atoms with E-state index < -0.39 is 70.5 Å². The predicted octanol–water partition coefficient (Wildman–Crippen LogP) is 4.08. The molecule has 0 heterocycles. The van der Waals surface area contributed by atoms with Gasteiger partial charge in [-0.15, -0.1) is 0 Å². The number of sulfonamides is 1. The number of nitrogens with zero attached hydrogens (tertiary/aromatic N) is 1. The summed E-state index contributed by atoms with van der Waals surface area (Å²) in [5, 5.41) is 7.42. The SMILES string of the molecule is CC(=O)O.CN(C)CCCNS(=O)(=O)CCC(F)(F)C(F)(F)C(F)(F)C(F)(F)C(F)(F)C(F)(F)F. The summed E-state index contributed by atoms with van der Waals surface area (Å²) in [5.74, 6) is -40.5. The fourth-order valence-electron chi connectivity index (χ4n) is 1.92. The first-order chi connectivity index (χ1) is 15.1. The lowest BCUT2D eigenvalue weighted by atomic mass is 9.93. The van der Waals surface area contributed by atoms with Crippen LogP contribution in [0.1, 0.15) is 19.8 Å². The molecule has 0 atom stereocenters. The van der Waals surface area contributed by atoms with Crippen molar-refractivity contribution in [3.8, 4) is 0 Å². The van der Waals surface area contributed by atoms with Gasteiger partial charge in [0.2, 0.25) is 10.0 Å². The molecule has 0 fully saturated rings. The number of nitrogens with one attached hydrogen (secondary N) is 1. The highest BCUT2D eigenvalue weighted by Gasteiger charge is 2.90. The summed E-state index contributed by atoms with van der Waals surface area (Å²) < 4.78 is 193. The Morgan fingerprint density at radius 1 is 0.800 bits per heavy atom. The molecule has 0 aliphatic carbocycles. The normalized spacial score (nSPS) is 14.5. The van der Waals surface area contributed by atoms with E-state index in [0.29, 0.717) is 0 Å². The Hall–Kier alpha value is -1.57. The Bertz CT molecular complexity index is 795. The molecular formula is C15H21F13N2O4S. The molecule has 0 aliphatic rings. The van der Waals surface area contributed by atoms with Crippen LogP contribution in [0.25, 0.3) is 0 Å². The summed E-state index contributed by atoms with van der Waals surface area (Å²) in [5.41, 5.74) is 0. The number of alkyl halides is 13. The maximum absolute atomic E-state index is 13.5. The Labute approximate surface area is 190 Å². The minimum atomic E-state index is -8.01. The number of carbonyl (C=O) groups is 1. The van der Waals surface area contributed by atoms with Gasteiger partial charge in [0.25, 0.3) is 5.97 Å². The van der Waals surface area contributed by atoms with Gasteiger partial charge in [-0.25, -0.2) is 13.1 Å². The lowest BCUT2D eigenvalue weighted by molar-refractivity contribution is -0.439. The first-order valence-electron chi connectivity index (χ1n) is 8.88. The van der Waals surface area contributed by atoms with Gasteiger partial charge in [0.05, 0.1) is 5.75 Å². The van der Waals surface area contributed by atoms with Crippen LogP contribution in [-0.2, 0) is 14.8 Å². The van der Waals surface area contributed by atoms with Crippen molar-refractivity contribution < 1.29 is 75.4 Å². The van der Waals surface area contributed by atoms with Crippen molar-refractivity contribution in [3.05, 3.63) is 0 Å². The number of hydrogen-bond donors (Lipinski definition) is 2. The van der Waals surface area contributed by atoms with Crippen molar-refractivity contribution in [1.29, 1.82) is 0 Å². The molecule has 0 aliphatic heterocycles. The second-order valence-corrected chi connectivity index (χ2v) is 9.07. The summed E-state index contributed by atoms with van der Waals surface area (Å²) in [6.07, 6.45) is -10.2. The summed E-state index contributed by atoms with van der Waals surface area (Å²) in [6, 6.07) is 0. The molecule has 0 saturated carbocycles. The van der Waals surface area contributed by atoms with E-state index in [9.17, 15) is 65.5 Å². The molecule has 0 rings (SSSR count). The zero-order valence-electron chi connectivity index (χ0n) is 18.0. The average Bonchev–Trinajstić information content (AvgIpc) is 2.61. The molecule has 0 bridgehead atoms. The van der Waals surface area contributed by atoms with Crippen molar-refractivity contribution in [2.75, 3.05) is 32.9 Å². The lowest BCUT2D eigenvalue weighted by Crippen LogP contribution is -2.70. The molecule has 0 aromatic rings. The lowest BCUT2D eigenvalue weighted by Gasteiger charge is -2.39. The van der Waals surface area contributed by atoms with E-state index in [4.69, 9.17) is 9.90 Å². The third-order valence-corrected chi connectivity index (χ3v) is 5.17. The quantitative estimate of drug-likeness (QED) is 0.272. The molecule has 6 nitrogen and oxygen atoms in total. The Balaban J connectivity index is 0. The monoisotopic (exact) mass is 572 g/mol. The number of hydrogen-bond acceptors (Lipinski definition) is 4. The van der Waals surface area contributed by atoms with Crippen LogP contribution in [-0.4, -0.2) is 93.1 Å². The summed E-state index contributed by atoms with van der Waals surface area (Å²) >= 11 is 0. The molecule has 0 spiro atoms. The fourth-order valence-corrected chi connectivity index (χ4v) is 3.04. The van der Waals surface area contributed by atoms with E-state index in [-0.39, 0.29) is 13.0 Å².